The van der Waals surface area contributed by atoms with Crippen LogP contribution in [-0.4, -0.2) is 25.4 Å². The Morgan fingerprint density at radius 1 is 1.17 bits per heavy atom. The van der Waals surface area contributed by atoms with Crippen LogP contribution in [0.2, 0.25) is 0 Å². The third-order valence-corrected chi connectivity index (χ3v) is 2.61. The van der Waals surface area contributed by atoms with Crippen LogP contribution in [0.4, 0.5) is 0 Å². The molecule has 0 saturated carbocycles. The van der Waals surface area contributed by atoms with Crippen LogP contribution in [0, 0.1) is 12.8 Å². The van der Waals surface area contributed by atoms with E-state index >= 15 is 0 Å². The van der Waals surface area contributed by atoms with E-state index in [2.05, 4.69) is 6.92 Å². The molecule has 0 aliphatic carbocycles. The topological polar surface area (TPSA) is 25.1 Å². The fourth-order valence-corrected chi connectivity index (χ4v) is 1.77. The summed E-state index contributed by atoms with van der Waals surface area (Å²) in [7, 11) is 0. The molecule has 2 nitrogen and oxygen atoms in total. The van der Waals surface area contributed by atoms with Gasteiger partial charge in [-0.25, -0.2) is 0 Å². The van der Waals surface area contributed by atoms with Crippen LogP contribution in [0.15, 0.2) is 0 Å². The highest BCUT2D eigenvalue weighted by atomic mass is 16.6. The first-order valence-corrected chi connectivity index (χ1v) is 4.91. The molecule has 0 spiro atoms. The third-order valence-electron chi connectivity index (χ3n) is 2.61. The Balaban J connectivity index is 1.66. The molecule has 0 aromatic rings. The Kier molecular flexibility index (Phi) is 2.66. The molecule has 0 amide bonds. The van der Waals surface area contributed by atoms with Gasteiger partial charge in [0.15, 0.2) is 0 Å². The Labute approximate surface area is 74.2 Å². The molecule has 0 aromatic heterocycles. The zero-order chi connectivity index (χ0) is 8.39. The number of epoxide rings is 2. The third kappa shape index (κ3) is 2.76. The molecule has 2 fully saturated rings. The molecule has 2 heteroatoms. The van der Waals surface area contributed by atoms with Crippen molar-refractivity contribution in [2.75, 3.05) is 13.2 Å². The molecule has 1 radical (unpaired) electrons. The molecule has 2 atom stereocenters. The van der Waals surface area contributed by atoms with Crippen molar-refractivity contribution >= 4 is 0 Å². The molecule has 2 heterocycles. The first kappa shape index (κ1) is 8.52. The smallest absolute Gasteiger partial charge is 0.0812 e. The van der Waals surface area contributed by atoms with Crippen LogP contribution in [0.25, 0.3) is 0 Å². The second-order valence-corrected chi connectivity index (χ2v) is 3.89. The van der Waals surface area contributed by atoms with E-state index in [1.165, 1.54) is 19.3 Å². The van der Waals surface area contributed by atoms with Crippen LogP contribution >= 0.6 is 0 Å². The van der Waals surface area contributed by atoms with Crippen molar-refractivity contribution in [2.24, 2.45) is 5.92 Å². The fourth-order valence-electron chi connectivity index (χ4n) is 1.77. The van der Waals surface area contributed by atoms with Gasteiger partial charge in [-0.2, -0.15) is 0 Å². The van der Waals surface area contributed by atoms with Crippen molar-refractivity contribution in [3.8, 4) is 0 Å². The maximum absolute atomic E-state index is 5.23. The van der Waals surface area contributed by atoms with Gasteiger partial charge in [0.25, 0.3) is 0 Å². The summed E-state index contributed by atoms with van der Waals surface area (Å²) in [5.41, 5.74) is 0. The quantitative estimate of drug-likeness (QED) is 0.566. The monoisotopic (exact) mass is 169 g/mol. The maximum Gasteiger partial charge on any atom is 0.0812 e. The van der Waals surface area contributed by atoms with E-state index in [9.17, 15) is 0 Å². The molecule has 2 saturated heterocycles. The average molecular weight is 169 g/mol. The molecule has 69 valence electrons. The highest BCUT2D eigenvalue weighted by Crippen LogP contribution is 2.29. The first-order chi connectivity index (χ1) is 5.88. The molecular formula is C10H17O2. The summed E-state index contributed by atoms with van der Waals surface area (Å²) in [4.78, 5) is 0. The Bertz CT molecular complexity index is 125. The van der Waals surface area contributed by atoms with Crippen LogP contribution < -0.4 is 0 Å². The molecule has 2 aliphatic rings. The van der Waals surface area contributed by atoms with Gasteiger partial charge in [-0.3, -0.25) is 0 Å². The summed E-state index contributed by atoms with van der Waals surface area (Å²) < 4.78 is 10.5. The summed E-state index contributed by atoms with van der Waals surface area (Å²) in [6.45, 7) is 5.87. The SMILES string of the molecule is [CH2]CCC(CC1CO1)CC1CO1. The molecule has 0 bridgehead atoms. The predicted octanol–water partition coefficient (Wildman–Crippen LogP) is 1.79. The predicted molar refractivity (Wildman–Crippen MR) is 46.8 cm³/mol. The van der Waals surface area contributed by atoms with E-state index in [0.29, 0.717) is 12.2 Å². The molecular weight excluding hydrogens is 152 g/mol. The van der Waals surface area contributed by atoms with E-state index in [0.717, 1.165) is 25.6 Å². The lowest BCUT2D eigenvalue weighted by atomic mass is 9.93. The number of ether oxygens (including phenoxy) is 2. The van der Waals surface area contributed by atoms with Crippen molar-refractivity contribution in [3.63, 3.8) is 0 Å². The normalized spacial score (nSPS) is 34.8. The molecule has 2 rings (SSSR count). The van der Waals surface area contributed by atoms with Gasteiger partial charge in [-0.15, -0.1) is 0 Å². The Morgan fingerprint density at radius 3 is 2.00 bits per heavy atom. The second-order valence-electron chi connectivity index (χ2n) is 3.89. The van der Waals surface area contributed by atoms with Crippen molar-refractivity contribution in [3.05, 3.63) is 6.92 Å². The molecule has 0 aromatic carbocycles. The lowest BCUT2D eigenvalue weighted by Gasteiger charge is -2.12. The highest BCUT2D eigenvalue weighted by Gasteiger charge is 2.31. The summed E-state index contributed by atoms with van der Waals surface area (Å²) in [5, 5.41) is 0. The lowest BCUT2D eigenvalue weighted by Crippen LogP contribution is -2.07. The molecule has 2 unspecified atom stereocenters. The summed E-state index contributed by atoms with van der Waals surface area (Å²) in [6.07, 6.45) is 5.88. The van der Waals surface area contributed by atoms with Crippen LogP contribution in [0.3, 0.4) is 0 Å². The van der Waals surface area contributed by atoms with Crippen LogP contribution in [-0.2, 0) is 9.47 Å². The Hall–Kier alpha value is -0.0800. The van der Waals surface area contributed by atoms with Crippen molar-refractivity contribution in [1.82, 2.24) is 0 Å². The van der Waals surface area contributed by atoms with E-state index in [-0.39, 0.29) is 0 Å². The van der Waals surface area contributed by atoms with Gasteiger partial charge in [0.2, 0.25) is 0 Å². The molecule has 2 aliphatic heterocycles. The Morgan fingerprint density at radius 2 is 1.67 bits per heavy atom. The summed E-state index contributed by atoms with van der Waals surface area (Å²) in [6, 6.07) is 0. The number of hydrogen-bond donors (Lipinski definition) is 0. The van der Waals surface area contributed by atoms with Crippen molar-refractivity contribution in [2.45, 2.75) is 37.9 Å². The minimum absolute atomic E-state index is 0.570. The number of rotatable bonds is 6. The standard InChI is InChI=1S/C10H17O2/c1-2-3-8(4-9-6-11-9)5-10-7-12-10/h8-10H,1-7H2. The van der Waals surface area contributed by atoms with Crippen molar-refractivity contribution < 1.29 is 9.47 Å². The van der Waals surface area contributed by atoms with Gasteiger partial charge in [0, 0.05) is 0 Å². The zero-order valence-electron chi connectivity index (χ0n) is 7.50. The van der Waals surface area contributed by atoms with Gasteiger partial charge >= 0.3 is 0 Å². The van der Waals surface area contributed by atoms with Gasteiger partial charge in [0.1, 0.15) is 0 Å². The van der Waals surface area contributed by atoms with Gasteiger partial charge in [-0.1, -0.05) is 19.8 Å². The van der Waals surface area contributed by atoms with E-state index in [1.807, 2.05) is 0 Å². The first-order valence-electron chi connectivity index (χ1n) is 4.91. The van der Waals surface area contributed by atoms with E-state index < -0.39 is 0 Å². The summed E-state index contributed by atoms with van der Waals surface area (Å²) in [5.74, 6) is 0.794. The second kappa shape index (κ2) is 3.75. The highest BCUT2D eigenvalue weighted by molar-refractivity contribution is 4.79. The lowest BCUT2D eigenvalue weighted by molar-refractivity contribution is 0.298. The zero-order valence-corrected chi connectivity index (χ0v) is 7.50. The average Bonchev–Trinajstić information content (AvgIpc) is 2.82. The minimum atomic E-state index is 0.570. The molecule has 12 heavy (non-hydrogen) atoms. The molecule has 0 N–H and O–H groups in total. The van der Waals surface area contributed by atoms with Crippen molar-refractivity contribution in [1.29, 1.82) is 0 Å². The van der Waals surface area contributed by atoms with Gasteiger partial charge < -0.3 is 9.47 Å². The maximum atomic E-state index is 5.23. The van der Waals surface area contributed by atoms with Crippen LogP contribution in [0.1, 0.15) is 25.7 Å². The summed E-state index contributed by atoms with van der Waals surface area (Å²) >= 11 is 0. The minimum Gasteiger partial charge on any atom is -0.373 e. The van der Waals surface area contributed by atoms with Gasteiger partial charge in [0.05, 0.1) is 25.4 Å². The van der Waals surface area contributed by atoms with Gasteiger partial charge in [-0.05, 0) is 18.8 Å². The van der Waals surface area contributed by atoms with E-state index in [1.54, 1.807) is 0 Å². The largest absolute Gasteiger partial charge is 0.373 e. The van der Waals surface area contributed by atoms with E-state index in [4.69, 9.17) is 9.47 Å². The fraction of sp³-hybridized carbons (Fsp3) is 0.900. The number of hydrogen-bond acceptors (Lipinski definition) is 2. The van der Waals surface area contributed by atoms with Crippen LogP contribution in [0.5, 0.6) is 0 Å².